The van der Waals surface area contributed by atoms with E-state index in [1.165, 1.54) is 0 Å². The number of benzene rings is 2. The van der Waals surface area contributed by atoms with Crippen LogP contribution in [0.1, 0.15) is 24.5 Å². The van der Waals surface area contributed by atoms with E-state index in [1.54, 1.807) is 0 Å². The summed E-state index contributed by atoms with van der Waals surface area (Å²) in [6.45, 7) is 3.72. The van der Waals surface area contributed by atoms with Gasteiger partial charge in [0.1, 0.15) is 12.4 Å². The summed E-state index contributed by atoms with van der Waals surface area (Å²) < 4.78 is 29.1. The van der Waals surface area contributed by atoms with Gasteiger partial charge < -0.3 is 15.4 Å². The lowest BCUT2D eigenvalue weighted by Crippen LogP contribution is -2.44. The van der Waals surface area contributed by atoms with Crippen LogP contribution in [0.3, 0.4) is 0 Å². The molecule has 0 aliphatic carbocycles. The Labute approximate surface area is 190 Å². The summed E-state index contributed by atoms with van der Waals surface area (Å²) in [5, 5.41) is 6.43. The third-order valence-corrected chi connectivity index (χ3v) is 6.25. The summed E-state index contributed by atoms with van der Waals surface area (Å²) >= 11 is 0. The molecule has 1 fully saturated rings. The van der Waals surface area contributed by atoms with Gasteiger partial charge in [-0.15, -0.1) is 24.0 Å². The van der Waals surface area contributed by atoms with E-state index in [2.05, 4.69) is 21.7 Å². The van der Waals surface area contributed by atoms with E-state index < -0.39 is 9.84 Å². The predicted molar refractivity (Wildman–Crippen MR) is 128 cm³/mol. The highest BCUT2D eigenvalue weighted by atomic mass is 127. The van der Waals surface area contributed by atoms with Crippen LogP contribution < -0.4 is 15.4 Å². The standard InChI is InChI=1S/C21H27N3O3S.HI/c1-2-22-21(24-19-11-12-28(25,26)16-19)23-14-17-7-6-8-18(13-17)15-27-20-9-4-3-5-10-20;/h3-10,13,19H,2,11-12,14-16H2,1H3,(H2,22,23,24);1H. The van der Waals surface area contributed by atoms with Gasteiger partial charge in [-0.05, 0) is 36.6 Å². The molecule has 1 aliphatic rings. The molecule has 8 heteroatoms. The van der Waals surface area contributed by atoms with Crippen LogP contribution in [0.15, 0.2) is 59.6 Å². The van der Waals surface area contributed by atoms with Crippen molar-refractivity contribution in [2.24, 2.45) is 4.99 Å². The van der Waals surface area contributed by atoms with Crippen LogP contribution in [0.2, 0.25) is 0 Å². The minimum absolute atomic E-state index is 0. The first-order valence-electron chi connectivity index (χ1n) is 9.55. The first-order chi connectivity index (χ1) is 13.5. The molecule has 1 saturated heterocycles. The summed E-state index contributed by atoms with van der Waals surface area (Å²) in [6, 6.07) is 17.8. The topological polar surface area (TPSA) is 79.8 Å². The van der Waals surface area contributed by atoms with Crippen molar-refractivity contribution in [3.8, 4) is 5.75 Å². The molecule has 158 valence electrons. The molecule has 0 radical (unpaired) electrons. The van der Waals surface area contributed by atoms with Crippen molar-refractivity contribution < 1.29 is 13.2 Å². The van der Waals surface area contributed by atoms with E-state index in [-0.39, 0.29) is 41.5 Å². The van der Waals surface area contributed by atoms with E-state index in [9.17, 15) is 8.42 Å². The van der Waals surface area contributed by atoms with Gasteiger partial charge in [0.25, 0.3) is 0 Å². The second-order valence-electron chi connectivity index (χ2n) is 6.86. The number of halogens is 1. The number of aliphatic imine (C=N–C) groups is 1. The number of guanidine groups is 1. The molecule has 0 aromatic heterocycles. The first kappa shape index (κ1) is 23.5. The molecular weight excluding hydrogens is 501 g/mol. The molecule has 2 N–H and O–H groups in total. The van der Waals surface area contributed by atoms with Gasteiger partial charge in [-0.1, -0.05) is 42.5 Å². The van der Waals surface area contributed by atoms with Crippen LogP contribution in [-0.4, -0.2) is 38.5 Å². The molecule has 0 spiro atoms. The lowest BCUT2D eigenvalue weighted by atomic mass is 10.1. The van der Waals surface area contributed by atoms with Gasteiger partial charge in [-0.25, -0.2) is 13.4 Å². The number of rotatable bonds is 7. The molecule has 3 rings (SSSR count). The third-order valence-electron chi connectivity index (χ3n) is 4.48. The molecule has 1 unspecified atom stereocenters. The van der Waals surface area contributed by atoms with E-state index in [1.807, 2.05) is 55.5 Å². The van der Waals surface area contributed by atoms with Crippen molar-refractivity contribution in [1.29, 1.82) is 0 Å². The highest BCUT2D eigenvalue weighted by Crippen LogP contribution is 2.14. The molecule has 0 saturated carbocycles. The third kappa shape index (κ3) is 7.85. The number of hydrogen-bond acceptors (Lipinski definition) is 4. The smallest absolute Gasteiger partial charge is 0.191 e. The number of ether oxygens (including phenoxy) is 1. The Kier molecular flexibility index (Phi) is 9.22. The second-order valence-corrected chi connectivity index (χ2v) is 9.09. The number of sulfone groups is 1. The Morgan fingerprint density at radius 1 is 1.14 bits per heavy atom. The number of nitrogens with one attached hydrogen (secondary N) is 2. The molecule has 6 nitrogen and oxygen atoms in total. The minimum atomic E-state index is -2.92. The van der Waals surface area contributed by atoms with Crippen LogP contribution in [0.5, 0.6) is 5.75 Å². The molecule has 29 heavy (non-hydrogen) atoms. The summed E-state index contributed by atoms with van der Waals surface area (Å²) in [7, 11) is -2.92. The zero-order valence-corrected chi connectivity index (χ0v) is 19.7. The maximum absolute atomic E-state index is 11.6. The zero-order chi connectivity index (χ0) is 19.8. The van der Waals surface area contributed by atoms with Crippen molar-refractivity contribution in [2.45, 2.75) is 32.5 Å². The van der Waals surface area contributed by atoms with Gasteiger partial charge in [-0.2, -0.15) is 0 Å². The van der Waals surface area contributed by atoms with E-state index in [0.29, 0.717) is 25.5 Å². The minimum Gasteiger partial charge on any atom is -0.489 e. The van der Waals surface area contributed by atoms with Crippen LogP contribution in [0.4, 0.5) is 0 Å². The van der Waals surface area contributed by atoms with Gasteiger partial charge in [0.2, 0.25) is 0 Å². The monoisotopic (exact) mass is 529 g/mol. The van der Waals surface area contributed by atoms with Crippen molar-refractivity contribution in [2.75, 3.05) is 18.1 Å². The normalized spacial score (nSPS) is 18.0. The Hall–Kier alpha value is -1.81. The lowest BCUT2D eigenvalue weighted by Gasteiger charge is -2.16. The molecule has 1 aliphatic heterocycles. The molecule has 0 bridgehead atoms. The van der Waals surface area contributed by atoms with Crippen molar-refractivity contribution in [3.63, 3.8) is 0 Å². The highest BCUT2D eigenvalue weighted by molar-refractivity contribution is 14.0. The van der Waals surface area contributed by atoms with Crippen LogP contribution >= 0.6 is 24.0 Å². The Bertz CT molecular complexity index is 904. The Balaban J connectivity index is 0.00000300. The van der Waals surface area contributed by atoms with Crippen molar-refractivity contribution in [1.82, 2.24) is 10.6 Å². The van der Waals surface area contributed by atoms with Gasteiger partial charge >= 0.3 is 0 Å². The largest absolute Gasteiger partial charge is 0.489 e. The Morgan fingerprint density at radius 3 is 2.59 bits per heavy atom. The maximum Gasteiger partial charge on any atom is 0.191 e. The zero-order valence-electron chi connectivity index (χ0n) is 16.5. The fourth-order valence-electron chi connectivity index (χ4n) is 3.09. The summed E-state index contributed by atoms with van der Waals surface area (Å²) in [4.78, 5) is 4.61. The number of hydrogen-bond donors (Lipinski definition) is 2. The van der Waals surface area contributed by atoms with Gasteiger partial charge in [0.05, 0.1) is 18.1 Å². The average Bonchev–Trinajstić information content (AvgIpc) is 3.04. The maximum atomic E-state index is 11.6. The quantitative estimate of drug-likeness (QED) is 0.328. The predicted octanol–water partition coefficient (Wildman–Crippen LogP) is 3.13. The summed E-state index contributed by atoms with van der Waals surface area (Å²) in [5.41, 5.74) is 2.15. The van der Waals surface area contributed by atoms with Crippen LogP contribution in [0, 0.1) is 0 Å². The number of nitrogens with zero attached hydrogens (tertiary/aromatic N) is 1. The van der Waals surface area contributed by atoms with Crippen molar-refractivity contribution >= 4 is 39.8 Å². The van der Waals surface area contributed by atoms with E-state index >= 15 is 0 Å². The molecule has 0 amide bonds. The van der Waals surface area contributed by atoms with Crippen LogP contribution in [-0.2, 0) is 23.0 Å². The van der Waals surface area contributed by atoms with E-state index in [0.717, 1.165) is 23.4 Å². The molecule has 1 heterocycles. The SMILES string of the molecule is CCNC(=NCc1cccc(COc2ccccc2)c1)NC1CCS(=O)(=O)C1.I. The lowest BCUT2D eigenvalue weighted by molar-refractivity contribution is 0.306. The number of para-hydroxylation sites is 1. The molecule has 2 aromatic rings. The Morgan fingerprint density at radius 2 is 1.90 bits per heavy atom. The molecule has 2 aromatic carbocycles. The molecule has 1 atom stereocenters. The highest BCUT2D eigenvalue weighted by Gasteiger charge is 2.28. The second kappa shape index (κ2) is 11.4. The van der Waals surface area contributed by atoms with Gasteiger partial charge in [0, 0.05) is 12.6 Å². The summed E-state index contributed by atoms with van der Waals surface area (Å²) in [5.74, 6) is 1.91. The molecular formula is C21H28IN3O3S. The first-order valence-corrected chi connectivity index (χ1v) is 11.4. The summed E-state index contributed by atoms with van der Waals surface area (Å²) in [6.07, 6.45) is 0.624. The van der Waals surface area contributed by atoms with Gasteiger partial charge in [0.15, 0.2) is 15.8 Å². The van der Waals surface area contributed by atoms with Crippen molar-refractivity contribution in [3.05, 3.63) is 65.7 Å². The van der Waals surface area contributed by atoms with Crippen LogP contribution in [0.25, 0.3) is 0 Å². The van der Waals surface area contributed by atoms with Gasteiger partial charge in [-0.3, -0.25) is 0 Å². The fourth-order valence-corrected chi connectivity index (χ4v) is 4.77. The fraction of sp³-hybridized carbons (Fsp3) is 0.381. The van der Waals surface area contributed by atoms with E-state index in [4.69, 9.17) is 4.74 Å². The average molecular weight is 529 g/mol.